The molecule has 2 N–H and O–H groups in total. The summed E-state index contributed by atoms with van der Waals surface area (Å²) in [6, 6.07) is 24.2. The predicted octanol–water partition coefficient (Wildman–Crippen LogP) is 4.41. The third-order valence-electron chi connectivity index (χ3n) is 5.50. The van der Waals surface area contributed by atoms with Crippen LogP contribution in [0.15, 0.2) is 72.8 Å². The minimum Gasteiger partial charge on any atom is -0.485 e. The molecular weight excluding hydrogens is 362 g/mol. The zero-order chi connectivity index (χ0) is 20.1. The minimum absolute atomic E-state index is 0.0561. The van der Waals surface area contributed by atoms with Crippen LogP contribution in [0.3, 0.4) is 0 Å². The summed E-state index contributed by atoms with van der Waals surface area (Å²) in [4.78, 5) is 0. The van der Waals surface area contributed by atoms with Crippen LogP contribution in [-0.2, 0) is 19.6 Å². The van der Waals surface area contributed by atoms with Gasteiger partial charge in [-0.05, 0) is 42.6 Å². The van der Waals surface area contributed by atoms with Crippen molar-refractivity contribution >= 4 is 0 Å². The maximum atomic E-state index is 10.8. The number of nitrogens with one attached hydrogen (secondary N) is 1. The molecule has 3 aromatic rings. The molecule has 4 heteroatoms. The summed E-state index contributed by atoms with van der Waals surface area (Å²) in [6.45, 7) is 0.938. The summed E-state index contributed by atoms with van der Waals surface area (Å²) in [5.41, 5.74) is 4.18. The molecule has 0 bridgehead atoms. The zero-order valence-corrected chi connectivity index (χ0v) is 16.7. The molecule has 150 valence electrons. The van der Waals surface area contributed by atoms with E-state index < -0.39 is 6.10 Å². The van der Waals surface area contributed by atoms with Gasteiger partial charge in [0.2, 0.25) is 0 Å². The summed E-state index contributed by atoms with van der Waals surface area (Å²) in [5, 5.41) is 14.0. The van der Waals surface area contributed by atoms with E-state index in [9.17, 15) is 5.11 Å². The molecule has 4 rings (SSSR count). The van der Waals surface area contributed by atoms with Gasteiger partial charge in [0.05, 0.1) is 6.10 Å². The molecule has 0 unspecified atom stereocenters. The first-order valence-corrected chi connectivity index (χ1v) is 10.1. The van der Waals surface area contributed by atoms with Gasteiger partial charge in [0.25, 0.3) is 0 Å². The first-order valence-electron chi connectivity index (χ1n) is 10.1. The number of aliphatic hydroxyl groups excluding tert-OH is 1. The van der Waals surface area contributed by atoms with Crippen LogP contribution in [0.5, 0.6) is 11.5 Å². The summed E-state index contributed by atoms with van der Waals surface area (Å²) < 4.78 is 12.4. The van der Waals surface area contributed by atoms with Gasteiger partial charge in [0.1, 0.15) is 13.2 Å². The van der Waals surface area contributed by atoms with Gasteiger partial charge in [-0.3, -0.25) is 0 Å². The van der Waals surface area contributed by atoms with Crippen molar-refractivity contribution in [3.63, 3.8) is 0 Å². The summed E-state index contributed by atoms with van der Waals surface area (Å²) in [5.74, 6) is 1.47. The number of aliphatic hydroxyl groups is 1. The van der Waals surface area contributed by atoms with Gasteiger partial charge in [0.15, 0.2) is 11.5 Å². The molecule has 0 fully saturated rings. The Morgan fingerprint density at radius 3 is 2.10 bits per heavy atom. The Bertz CT molecular complexity index is 928. The second kappa shape index (κ2) is 9.12. The van der Waals surface area contributed by atoms with Gasteiger partial charge >= 0.3 is 0 Å². The summed E-state index contributed by atoms with van der Waals surface area (Å²) in [7, 11) is 1.89. The fourth-order valence-electron chi connectivity index (χ4n) is 3.87. The number of hydrogen-bond donors (Lipinski definition) is 2. The normalized spacial score (nSPS) is 18.1. The van der Waals surface area contributed by atoms with Crippen molar-refractivity contribution in [1.29, 1.82) is 0 Å². The van der Waals surface area contributed by atoms with Crippen LogP contribution >= 0.6 is 0 Å². The summed E-state index contributed by atoms with van der Waals surface area (Å²) in [6.07, 6.45) is 1.14. The monoisotopic (exact) mass is 389 g/mol. The Balaban J connectivity index is 1.62. The molecule has 3 aromatic carbocycles. The van der Waals surface area contributed by atoms with E-state index in [0.717, 1.165) is 46.6 Å². The fraction of sp³-hybridized carbons (Fsp3) is 0.280. The highest BCUT2D eigenvalue weighted by molar-refractivity contribution is 5.53. The van der Waals surface area contributed by atoms with Crippen molar-refractivity contribution in [2.45, 2.75) is 38.2 Å². The van der Waals surface area contributed by atoms with Crippen molar-refractivity contribution in [3.8, 4) is 11.5 Å². The number of rotatable bonds is 7. The number of likely N-dealkylation sites (N-methyl/N-ethyl adjacent to an activating group) is 1. The lowest BCUT2D eigenvalue weighted by molar-refractivity contribution is 0.117. The van der Waals surface area contributed by atoms with E-state index in [1.54, 1.807) is 0 Å². The van der Waals surface area contributed by atoms with Gasteiger partial charge in [0, 0.05) is 11.6 Å². The Morgan fingerprint density at radius 2 is 1.48 bits per heavy atom. The van der Waals surface area contributed by atoms with Crippen molar-refractivity contribution < 1.29 is 14.6 Å². The molecule has 29 heavy (non-hydrogen) atoms. The van der Waals surface area contributed by atoms with Crippen LogP contribution in [-0.4, -0.2) is 18.2 Å². The van der Waals surface area contributed by atoms with Gasteiger partial charge in [-0.2, -0.15) is 0 Å². The van der Waals surface area contributed by atoms with Crippen molar-refractivity contribution in [2.24, 2.45) is 0 Å². The van der Waals surface area contributed by atoms with Gasteiger partial charge in [-0.15, -0.1) is 0 Å². The number of fused-ring (bicyclic) bond motifs is 1. The second-order valence-electron chi connectivity index (χ2n) is 7.39. The number of hydrogen-bond acceptors (Lipinski definition) is 4. The average molecular weight is 389 g/mol. The highest BCUT2D eigenvalue weighted by Crippen LogP contribution is 2.42. The van der Waals surface area contributed by atoms with Crippen molar-refractivity contribution in [1.82, 2.24) is 5.32 Å². The molecule has 2 atom stereocenters. The zero-order valence-electron chi connectivity index (χ0n) is 16.7. The Labute approximate surface area is 172 Å². The van der Waals surface area contributed by atoms with E-state index in [4.69, 9.17) is 9.47 Å². The minimum atomic E-state index is -0.550. The Morgan fingerprint density at radius 1 is 0.862 bits per heavy atom. The Kier molecular flexibility index (Phi) is 6.13. The van der Waals surface area contributed by atoms with E-state index in [1.807, 2.05) is 79.8 Å². The van der Waals surface area contributed by atoms with Crippen molar-refractivity contribution in [2.75, 3.05) is 7.05 Å². The van der Waals surface area contributed by atoms with Crippen LogP contribution in [0.2, 0.25) is 0 Å². The molecule has 0 amide bonds. The van der Waals surface area contributed by atoms with Gasteiger partial charge in [-0.25, -0.2) is 0 Å². The quantitative estimate of drug-likeness (QED) is 0.628. The van der Waals surface area contributed by atoms with Gasteiger partial charge < -0.3 is 19.9 Å². The topological polar surface area (TPSA) is 50.7 Å². The second-order valence-corrected chi connectivity index (χ2v) is 7.39. The average Bonchev–Trinajstić information content (AvgIpc) is 2.78. The largest absolute Gasteiger partial charge is 0.485 e. The first-order chi connectivity index (χ1) is 14.3. The van der Waals surface area contributed by atoms with Crippen molar-refractivity contribution in [3.05, 3.63) is 95.1 Å². The first kappa shape index (κ1) is 19.5. The number of benzene rings is 3. The predicted molar refractivity (Wildman–Crippen MR) is 114 cm³/mol. The highest BCUT2D eigenvalue weighted by Gasteiger charge is 2.30. The molecule has 4 nitrogen and oxygen atoms in total. The van der Waals surface area contributed by atoms with E-state index in [0.29, 0.717) is 13.2 Å². The maximum Gasteiger partial charge on any atom is 0.165 e. The molecule has 0 saturated carbocycles. The molecule has 0 radical (unpaired) electrons. The van der Waals surface area contributed by atoms with E-state index in [-0.39, 0.29) is 6.04 Å². The SMILES string of the molecule is CN[C@@H]1CCc2c(ccc(OCc3ccccc3)c2OCc2ccccc2)[C@H]1O. The fourth-order valence-corrected chi connectivity index (χ4v) is 3.87. The smallest absolute Gasteiger partial charge is 0.165 e. The standard InChI is InChI=1S/C25H27NO3/c1-26-22-14-12-21-20(24(22)27)13-15-23(28-16-18-8-4-2-5-9-18)25(21)29-17-19-10-6-3-7-11-19/h2-11,13,15,22,24,26-27H,12,14,16-17H2,1H3/t22-,24-/m1/s1. The molecule has 1 aliphatic carbocycles. The number of ether oxygens (including phenoxy) is 2. The van der Waals surface area contributed by atoms with E-state index >= 15 is 0 Å². The van der Waals surface area contributed by atoms with Crippen LogP contribution in [0, 0.1) is 0 Å². The third kappa shape index (κ3) is 4.44. The lowest BCUT2D eigenvalue weighted by atomic mass is 9.85. The lowest BCUT2D eigenvalue weighted by Gasteiger charge is -2.31. The molecule has 1 aliphatic rings. The van der Waals surface area contributed by atoms with Crippen LogP contribution in [0.25, 0.3) is 0 Å². The van der Waals surface area contributed by atoms with Gasteiger partial charge in [-0.1, -0.05) is 66.7 Å². The molecule has 0 aliphatic heterocycles. The lowest BCUT2D eigenvalue weighted by Crippen LogP contribution is -2.36. The molecular formula is C25H27NO3. The van der Waals surface area contributed by atoms with E-state index in [2.05, 4.69) is 5.32 Å². The van der Waals surface area contributed by atoms with Crippen LogP contribution in [0.1, 0.15) is 34.8 Å². The van der Waals surface area contributed by atoms with Crippen LogP contribution < -0.4 is 14.8 Å². The third-order valence-corrected chi connectivity index (χ3v) is 5.50. The molecule has 0 heterocycles. The van der Waals surface area contributed by atoms with E-state index in [1.165, 1.54) is 0 Å². The van der Waals surface area contributed by atoms with Crippen LogP contribution in [0.4, 0.5) is 0 Å². The summed E-state index contributed by atoms with van der Waals surface area (Å²) >= 11 is 0. The Hall–Kier alpha value is -2.82. The maximum absolute atomic E-state index is 10.8. The highest BCUT2D eigenvalue weighted by atomic mass is 16.5. The molecule has 0 aromatic heterocycles. The molecule has 0 spiro atoms. The molecule has 0 saturated heterocycles.